The van der Waals surface area contributed by atoms with Crippen LogP contribution in [0.2, 0.25) is 0 Å². The molecule has 1 saturated heterocycles. The highest BCUT2D eigenvalue weighted by atomic mass is 32.3. The van der Waals surface area contributed by atoms with Crippen LogP contribution < -0.4 is 37.4 Å². The molecule has 5 aliphatic rings. The second-order valence-corrected chi connectivity index (χ2v) is 36.3. The molecule has 2 unspecified atom stereocenters. The van der Waals surface area contributed by atoms with Crippen molar-refractivity contribution in [2.75, 3.05) is 66.2 Å². The van der Waals surface area contributed by atoms with Crippen LogP contribution in [0.25, 0.3) is 0 Å². The van der Waals surface area contributed by atoms with E-state index in [1.165, 1.54) is 73.5 Å². The molecule has 5 aliphatic heterocycles. The number of sulfone groups is 1. The number of aromatic nitrogens is 3. The molecule has 8 aromatic carbocycles. The molecule has 8 atom stereocenters. The molecule has 0 saturated carbocycles. The Labute approximate surface area is 748 Å². The Balaban J connectivity index is 0.572. The van der Waals surface area contributed by atoms with E-state index >= 15 is 0 Å². The van der Waals surface area contributed by atoms with E-state index in [4.69, 9.17) is 61.0 Å². The smallest absolute Gasteiger partial charge is 0.493 e. The average Bonchev–Trinajstić information content (AvgIpc) is 1.57. The van der Waals surface area contributed by atoms with Crippen molar-refractivity contribution in [3.05, 3.63) is 236 Å². The van der Waals surface area contributed by atoms with Gasteiger partial charge in [-0.2, -0.15) is 8.42 Å². The molecular formula is C91H96N8O28S3. The van der Waals surface area contributed by atoms with E-state index < -0.39 is 120 Å². The maximum Gasteiger partial charge on any atom is 0.501 e. The van der Waals surface area contributed by atoms with E-state index in [0.717, 1.165) is 39.9 Å². The second kappa shape index (κ2) is 42.1. The van der Waals surface area contributed by atoms with Gasteiger partial charge in [0.1, 0.15) is 54.3 Å². The number of carbonyl (C=O) groups excluding carboxylic acids is 6. The fraction of sp³-hybridized carbons (Fsp3) is 0.363. The van der Waals surface area contributed by atoms with Crippen molar-refractivity contribution in [3.63, 3.8) is 0 Å². The second-order valence-electron chi connectivity index (χ2n) is 31.4. The average molecular weight is 1850 g/mol. The summed E-state index contributed by atoms with van der Waals surface area (Å²) >= 11 is 0. The van der Waals surface area contributed by atoms with E-state index in [0.29, 0.717) is 43.0 Å². The summed E-state index contributed by atoms with van der Waals surface area (Å²) in [6.45, 7) is 1.54. The van der Waals surface area contributed by atoms with Gasteiger partial charge in [-0.25, -0.2) is 13.1 Å². The first kappa shape index (κ1) is 93.9. The van der Waals surface area contributed by atoms with E-state index in [9.17, 15) is 79.0 Å². The first-order valence-electron chi connectivity index (χ1n) is 41.8. The van der Waals surface area contributed by atoms with Crippen LogP contribution in [0.5, 0.6) is 40.2 Å². The van der Waals surface area contributed by atoms with Crippen LogP contribution in [0.1, 0.15) is 135 Å². The third-order valence-electron chi connectivity index (χ3n) is 22.4. The van der Waals surface area contributed by atoms with Gasteiger partial charge in [0.2, 0.25) is 6.29 Å². The lowest BCUT2D eigenvalue weighted by atomic mass is 9.94. The minimum absolute atomic E-state index is 0.0398. The summed E-state index contributed by atoms with van der Waals surface area (Å²) in [5.41, 5.74) is 7.54. The highest BCUT2D eigenvalue weighted by Crippen LogP contribution is 2.43. The molecule has 0 aliphatic carbocycles. The van der Waals surface area contributed by atoms with E-state index in [1.54, 1.807) is 70.9 Å². The number of nitrogens with one attached hydrogen (secondary N) is 1. The Morgan fingerprint density at radius 1 is 0.569 bits per heavy atom. The number of ketones is 3. The largest absolute Gasteiger partial charge is 0.501 e. The summed E-state index contributed by atoms with van der Waals surface area (Å²) < 4.78 is 155. The first-order chi connectivity index (χ1) is 62.5. The number of ether oxygens (including phenoxy) is 9. The number of rotatable bonds is 43. The van der Waals surface area contributed by atoms with Gasteiger partial charge in [-0.3, -0.25) is 43.3 Å². The molecule has 0 bridgehead atoms. The van der Waals surface area contributed by atoms with E-state index in [-0.39, 0.29) is 195 Å². The number of methoxy groups -OCH3 is 2. The lowest BCUT2D eigenvalue weighted by Crippen LogP contribution is -2.60. The Bertz CT molecular complexity index is 5930. The number of hydrogen-bond donors (Lipinski definition) is 6. The van der Waals surface area contributed by atoms with Gasteiger partial charge in [0.15, 0.2) is 61.7 Å². The van der Waals surface area contributed by atoms with Crippen LogP contribution in [0.4, 0.5) is 11.4 Å². The Kier molecular flexibility index (Phi) is 30.4. The Morgan fingerprint density at radius 3 is 1.72 bits per heavy atom. The summed E-state index contributed by atoms with van der Waals surface area (Å²) in [6, 6.07) is 40.8. The van der Waals surface area contributed by atoms with Gasteiger partial charge in [0.25, 0.3) is 27.8 Å². The number of benzene rings is 8. The molecule has 0 spiro atoms. The fourth-order valence-electron chi connectivity index (χ4n) is 15.4. The zero-order chi connectivity index (χ0) is 92.0. The maximum absolute atomic E-state index is 14.6. The summed E-state index contributed by atoms with van der Waals surface area (Å²) in [4.78, 5) is 94.5. The lowest BCUT2D eigenvalue weighted by molar-refractivity contribution is -0.277. The number of hydrogen-bond acceptors (Lipinski definition) is 31. The van der Waals surface area contributed by atoms with Crippen LogP contribution >= 0.6 is 0 Å². The van der Waals surface area contributed by atoms with Gasteiger partial charge >= 0.3 is 10.4 Å². The molecule has 686 valence electrons. The zero-order valence-corrected chi connectivity index (χ0v) is 73.3. The lowest BCUT2D eigenvalue weighted by Gasteiger charge is -2.39. The van der Waals surface area contributed by atoms with Crippen LogP contribution in [0.3, 0.4) is 0 Å². The predicted octanol–water partition coefficient (Wildman–Crippen LogP) is 7.89. The van der Waals surface area contributed by atoms with Crippen LogP contribution in [-0.2, 0) is 106 Å². The van der Waals surface area contributed by atoms with Gasteiger partial charge in [0.05, 0.1) is 105 Å². The third kappa shape index (κ3) is 23.3. The summed E-state index contributed by atoms with van der Waals surface area (Å²) in [5.74, 6) is -4.17. The van der Waals surface area contributed by atoms with Gasteiger partial charge < -0.3 is 86.5 Å². The van der Waals surface area contributed by atoms with Gasteiger partial charge in [0, 0.05) is 93.4 Å². The highest BCUT2D eigenvalue weighted by Gasteiger charge is 2.46. The Morgan fingerprint density at radius 2 is 1.13 bits per heavy atom. The zero-order valence-electron chi connectivity index (χ0n) is 70.9. The molecule has 3 amide bonds. The number of aryl methyl sites for hydroxylation is 1. The number of carbonyl (C=O) groups is 6. The summed E-state index contributed by atoms with van der Waals surface area (Å²) in [6.07, 6.45) is -3.67. The number of nitrogens with zero attached hydrogens (tertiary/aromatic N) is 7. The normalized spacial score (nSPS) is 18.3. The fourth-order valence-corrected chi connectivity index (χ4v) is 18.2. The van der Waals surface area contributed by atoms with Crippen molar-refractivity contribution < 1.29 is 130 Å². The SMILES string of the molecule is COc1cc2c(cc1OCc1cc(COc3cc4c(cc3OC)C(=O)N3Cc5ccccc5C[C@H]3C=N4)cc(OS(=O)(=O)Oc3cc(C(=O)CCCOCCn4cc(COCCOCCCC(=O)C(CCNC(=O)c5ccc(C(=O)CCS(=O)(=O)c6ccc(C)cc6)cc5)S(=O)(=O)O)nn4)ccc3OC3O[C@H](CO)[C@H](O)[C@H](O)[C@@H]3O)c1)N=C[C@@H]1Cc3ccccc3CN1C2=O. The molecule has 39 heteroatoms. The van der Waals surface area contributed by atoms with Crippen LogP contribution in [-0.4, -0.2) is 237 Å². The van der Waals surface area contributed by atoms with Crippen molar-refractivity contribution in [1.29, 1.82) is 0 Å². The first-order valence-corrected chi connectivity index (χ1v) is 46.2. The van der Waals surface area contributed by atoms with Crippen molar-refractivity contribution >= 4 is 89.2 Å². The third-order valence-corrected chi connectivity index (χ3v) is 26.1. The molecule has 130 heavy (non-hydrogen) atoms. The Hall–Kier alpha value is -12.3. The minimum atomic E-state index is -5.34. The number of amides is 3. The standard InChI is InChI=1S/C91H96N8O28S3/c1-55-16-23-69(24-17-55)128(110,111)35-27-75(102)58-18-20-59(21-19-58)88(107)92-28-26-84(129(112,113)114)76(103)15-9-31-120-33-34-121-54-65-50-97(96-95-65)29-32-119-30-8-14-74(101)62-22-25-77(124-91-87(106)86(105)85(104)83(51-100)125-91)82(41-62)127-130(115,116)126-68-37-56(52-122-80-44-72-70(42-78(80)117-2)89(108)98-48-63-12-6-4-10-60(63)39-66(98)46-93-72)36-57(38-68)53-123-81-45-73-71(43-79(81)118-3)90(109)99-49-64-13-7-5-11-61(64)40-67(99)47-94-73/h4-7,10-13,16-25,36-38,41-47,50,66-67,83-87,91,100,104-106H,8-9,14-15,26-35,39-40,48-49,51-54H2,1-3H3,(H,92,107)(H,112,113,114)/t66-,67-,83+,84?,85-,86-,87-,91?/m0/s1. The molecule has 9 aromatic rings. The van der Waals surface area contributed by atoms with Crippen molar-refractivity contribution in [3.8, 4) is 40.2 Å². The minimum Gasteiger partial charge on any atom is -0.493 e. The summed E-state index contributed by atoms with van der Waals surface area (Å²) in [7, 11) is -11.1. The molecule has 1 aromatic heterocycles. The number of aliphatic hydroxyl groups is 4. The quantitative estimate of drug-likeness (QED) is 0.0120. The molecule has 0 radical (unpaired) electrons. The van der Waals surface area contributed by atoms with Crippen LogP contribution in [0, 0.1) is 6.92 Å². The molecule has 6 N–H and O–H groups in total. The van der Waals surface area contributed by atoms with Crippen molar-refractivity contribution in [1.82, 2.24) is 30.1 Å². The number of fused-ring (bicyclic) bond motifs is 6. The van der Waals surface area contributed by atoms with Gasteiger partial charge in [-0.15, -0.1) is 13.5 Å². The maximum atomic E-state index is 14.6. The van der Waals surface area contributed by atoms with Gasteiger partial charge in [-0.05, 0) is 145 Å². The molecule has 36 nitrogen and oxygen atoms in total. The molecule has 6 heterocycles. The van der Waals surface area contributed by atoms with Crippen molar-refractivity contribution in [2.45, 2.75) is 151 Å². The van der Waals surface area contributed by atoms with E-state index in [2.05, 4.69) is 15.6 Å². The molecule has 1 fully saturated rings. The highest BCUT2D eigenvalue weighted by molar-refractivity contribution is 7.91. The van der Waals surface area contributed by atoms with Crippen molar-refractivity contribution in [2.24, 2.45) is 9.98 Å². The predicted molar refractivity (Wildman–Crippen MR) is 466 cm³/mol. The van der Waals surface area contributed by atoms with Crippen LogP contribution in [0.15, 0.2) is 179 Å². The number of aliphatic hydroxyl groups excluding tert-OH is 4. The molecular weight excluding hydrogens is 1750 g/mol. The number of Topliss-reactive ketones (excluding diaryl/α,β-unsaturated/α-hetero) is 3. The number of aliphatic imine (C=N–C) groups is 2. The van der Waals surface area contributed by atoms with E-state index in [1.807, 2.05) is 55.5 Å². The topological polar surface area (TPSA) is 481 Å². The summed E-state index contributed by atoms with van der Waals surface area (Å²) in [5, 5.41) is 51.3. The van der Waals surface area contributed by atoms with Gasteiger partial charge in [-0.1, -0.05) is 83.6 Å². The monoisotopic (exact) mass is 1840 g/mol. The molecule has 14 rings (SSSR count).